The molecule has 134 valence electrons. The van der Waals surface area contributed by atoms with Gasteiger partial charge in [0.2, 0.25) is 5.28 Å². The molecule has 1 atom stereocenters. The van der Waals surface area contributed by atoms with Crippen LogP contribution in [0.15, 0.2) is 24.5 Å². The average Bonchev–Trinajstić information content (AvgIpc) is 2.98. The Bertz CT molecular complexity index is 1000. The molecule has 0 bridgehead atoms. The zero-order valence-electron chi connectivity index (χ0n) is 13.4. The second kappa shape index (κ2) is 6.79. The number of nitrogens with zero attached hydrogens (tertiary/aromatic N) is 5. The van der Waals surface area contributed by atoms with Gasteiger partial charge in [0.15, 0.2) is 5.65 Å². The first-order chi connectivity index (χ1) is 12.6. The quantitative estimate of drug-likeness (QED) is 0.371. The van der Waals surface area contributed by atoms with E-state index in [4.69, 9.17) is 27.9 Å². The summed E-state index contributed by atoms with van der Waals surface area (Å²) in [6.07, 6.45) is 4.01. The summed E-state index contributed by atoms with van der Waals surface area (Å²) in [7, 11) is 0. The SMILES string of the molecule is O=[N+]([O-])c1cc(-c2ncnc3c2nc(Cl)n3C2CCCCO2)ccc1Cl. The molecule has 0 saturated carbocycles. The fourth-order valence-electron chi connectivity index (χ4n) is 3.08. The summed E-state index contributed by atoms with van der Waals surface area (Å²) in [5.41, 5.74) is 1.76. The molecular formula is C16H13Cl2N5O3. The second-order valence-corrected chi connectivity index (χ2v) is 6.64. The van der Waals surface area contributed by atoms with Crippen molar-refractivity contribution in [2.45, 2.75) is 25.5 Å². The normalized spacial score (nSPS) is 17.5. The second-order valence-electron chi connectivity index (χ2n) is 5.89. The summed E-state index contributed by atoms with van der Waals surface area (Å²) >= 11 is 12.2. The van der Waals surface area contributed by atoms with Crippen molar-refractivity contribution in [2.75, 3.05) is 6.61 Å². The minimum atomic E-state index is -0.536. The molecule has 0 amide bonds. The van der Waals surface area contributed by atoms with Crippen molar-refractivity contribution in [1.82, 2.24) is 19.5 Å². The minimum Gasteiger partial charge on any atom is -0.358 e. The van der Waals surface area contributed by atoms with Gasteiger partial charge < -0.3 is 4.74 Å². The number of halogens is 2. The Kier molecular flexibility index (Phi) is 4.47. The van der Waals surface area contributed by atoms with Gasteiger partial charge in [0.1, 0.15) is 28.8 Å². The maximum absolute atomic E-state index is 11.2. The van der Waals surface area contributed by atoms with Gasteiger partial charge in [0.05, 0.1) is 4.92 Å². The van der Waals surface area contributed by atoms with Gasteiger partial charge in [-0.3, -0.25) is 14.7 Å². The molecule has 1 aliphatic heterocycles. The van der Waals surface area contributed by atoms with Crippen molar-refractivity contribution in [2.24, 2.45) is 0 Å². The molecule has 26 heavy (non-hydrogen) atoms. The van der Waals surface area contributed by atoms with Crippen LogP contribution >= 0.6 is 23.2 Å². The molecular weight excluding hydrogens is 381 g/mol. The topological polar surface area (TPSA) is 96.0 Å². The van der Waals surface area contributed by atoms with Crippen molar-refractivity contribution >= 4 is 40.1 Å². The van der Waals surface area contributed by atoms with E-state index in [-0.39, 0.29) is 22.2 Å². The van der Waals surface area contributed by atoms with Gasteiger partial charge in [-0.2, -0.15) is 0 Å². The van der Waals surface area contributed by atoms with Gasteiger partial charge in [-0.15, -0.1) is 0 Å². The van der Waals surface area contributed by atoms with Crippen molar-refractivity contribution in [3.63, 3.8) is 0 Å². The van der Waals surface area contributed by atoms with Crippen LogP contribution < -0.4 is 0 Å². The summed E-state index contributed by atoms with van der Waals surface area (Å²) in [6.45, 7) is 0.655. The molecule has 1 aromatic carbocycles. The van der Waals surface area contributed by atoms with E-state index in [0.717, 1.165) is 19.3 Å². The minimum absolute atomic E-state index is 0.0585. The largest absolute Gasteiger partial charge is 0.358 e. The Morgan fingerprint density at radius 2 is 2.12 bits per heavy atom. The third-order valence-electron chi connectivity index (χ3n) is 4.29. The van der Waals surface area contributed by atoms with Gasteiger partial charge in [0.25, 0.3) is 5.69 Å². The van der Waals surface area contributed by atoms with Crippen LogP contribution in [0.5, 0.6) is 0 Å². The lowest BCUT2D eigenvalue weighted by Gasteiger charge is -2.24. The van der Waals surface area contributed by atoms with Crippen LogP contribution in [-0.2, 0) is 4.74 Å². The van der Waals surface area contributed by atoms with Crippen LogP contribution in [0.1, 0.15) is 25.5 Å². The highest BCUT2D eigenvalue weighted by atomic mass is 35.5. The molecule has 8 nitrogen and oxygen atoms in total. The number of ether oxygens (including phenoxy) is 1. The number of hydrogen-bond donors (Lipinski definition) is 0. The molecule has 10 heteroatoms. The van der Waals surface area contributed by atoms with Crippen LogP contribution in [0.3, 0.4) is 0 Å². The molecule has 0 N–H and O–H groups in total. The van der Waals surface area contributed by atoms with E-state index in [1.165, 1.54) is 18.5 Å². The molecule has 3 heterocycles. The lowest BCUT2D eigenvalue weighted by Crippen LogP contribution is -2.18. The maximum atomic E-state index is 11.2. The van der Waals surface area contributed by atoms with Crippen LogP contribution in [0.4, 0.5) is 5.69 Å². The van der Waals surface area contributed by atoms with E-state index in [1.54, 1.807) is 10.6 Å². The van der Waals surface area contributed by atoms with Crippen molar-refractivity contribution in [3.05, 3.63) is 44.9 Å². The van der Waals surface area contributed by atoms with Gasteiger partial charge >= 0.3 is 0 Å². The fraction of sp³-hybridized carbons (Fsp3) is 0.312. The molecule has 1 fully saturated rings. The molecule has 1 saturated heterocycles. The highest BCUT2D eigenvalue weighted by Crippen LogP contribution is 2.35. The van der Waals surface area contributed by atoms with E-state index in [1.807, 2.05) is 0 Å². The first-order valence-corrected chi connectivity index (χ1v) is 8.76. The number of fused-ring (bicyclic) bond motifs is 1. The number of imidazole rings is 1. The third-order valence-corrected chi connectivity index (χ3v) is 4.88. The van der Waals surface area contributed by atoms with Crippen molar-refractivity contribution in [1.29, 1.82) is 0 Å². The van der Waals surface area contributed by atoms with Crippen LogP contribution in [0.2, 0.25) is 10.3 Å². The van der Waals surface area contributed by atoms with E-state index >= 15 is 0 Å². The summed E-state index contributed by atoms with van der Waals surface area (Å²) in [6, 6.07) is 4.49. The van der Waals surface area contributed by atoms with Crippen molar-refractivity contribution in [3.8, 4) is 11.3 Å². The monoisotopic (exact) mass is 393 g/mol. The zero-order chi connectivity index (χ0) is 18.3. The summed E-state index contributed by atoms with van der Waals surface area (Å²) < 4.78 is 7.54. The summed E-state index contributed by atoms with van der Waals surface area (Å²) in [5, 5.41) is 11.5. The van der Waals surface area contributed by atoms with Gasteiger partial charge in [-0.1, -0.05) is 17.7 Å². The number of nitro groups is 1. The number of benzene rings is 1. The first-order valence-electron chi connectivity index (χ1n) is 8.00. The van der Waals surface area contributed by atoms with Crippen LogP contribution in [0.25, 0.3) is 22.4 Å². The Balaban J connectivity index is 1.87. The molecule has 3 aromatic rings. The molecule has 0 spiro atoms. The number of rotatable bonds is 3. The number of nitro benzene ring substituents is 1. The molecule has 4 rings (SSSR count). The number of aromatic nitrogens is 4. The zero-order valence-corrected chi connectivity index (χ0v) is 14.9. The highest BCUT2D eigenvalue weighted by Gasteiger charge is 2.24. The van der Waals surface area contributed by atoms with Crippen LogP contribution in [-0.4, -0.2) is 31.0 Å². The smallest absolute Gasteiger partial charge is 0.288 e. The van der Waals surface area contributed by atoms with Gasteiger partial charge in [-0.05, 0) is 36.9 Å². The molecule has 0 aliphatic carbocycles. The fourth-order valence-corrected chi connectivity index (χ4v) is 3.54. The van der Waals surface area contributed by atoms with Gasteiger partial charge in [-0.25, -0.2) is 15.0 Å². The van der Waals surface area contributed by atoms with E-state index in [0.29, 0.717) is 29.0 Å². The van der Waals surface area contributed by atoms with E-state index in [2.05, 4.69) is 15.0 Å². The molecule has 0 radical (unpaired) electrons. The highest BCUT2D eigenvalue weighted by molar-refractivity contribution is 6.32. The molecule has 2 aromatic heterocycles. The Morgan fingerprint density at radius 3 is 2.85 bits per heavy atom. The van der Waals surface area contributed by atoms with Crippen LogP contribution in [0, 0.1) is 10.1 Å². The Morgan fingerprint density at radius 1 is 1.27 bits per heavy atom. The van der Waals surface area contributed by atoms with Crippen molar-refractivity contribution < 1.29 is 9.66 Å². The summed E-state index contributed by atoms with van der Waals surface area (Å²) in [4.78, 5) is 23.6. The third kappa shape index (κ3) is 2.90. The van der Waals surface area contributed by atoms with E-state index in [9.17, 15) is 10.1 Å². The Labute approximate surface area is 157 Å². The average molecular weight is 394 g/mol. The first kappa shape index (κ1) is 17.1. The predicted octanol–water partition coefficient (Wildman–Crippen LogP) is 4.41. The Hall–Kier alpha value is -2.29. The lowest BCUT2D eigenvalue weighted by molar-refractivity contribution is -0.384. The number of hydrogen-bond acceptors (Lipinski definition) is 6. The van der Waals surface area contributed by atoms with Gasteiger partial charge in [0, 0.05) is 18.2 Å². The molecule has 1 aliphatic rings. The standard InChI is InChI=1S/C16H13Cl2N5O3/c17-10-5-4-9(7-11(10)23(24)25)13-14-15(20-8-19-13)22(16(18)21-14)12-3-1-2-6-26-12/h4-5,7-8,12H,1-3,6H2. The van der Waals surface area contributed by atoms with E-state index < -0.39 is 4.92 Å². The lowest BCUT2D eigenvalue weighted by atomic mass is 10.1. The summed E-state index contributed by atoms with van der Waals surface area (Å²) in [5.74, 6) is 0. The predicted molar refractivity (Wildman–Crippen MR) is 96.3 cm³/mol. The maximum Gasteiger partial charge on any atom is 0.288 e. The molecule has 1 unspecified atom stereocenters.